The van der Waals surface area contributed by atoms with E-state index in [9.17, 15) is 4.79 Å². The number of amides is 1. The Bertz CT molecular complexity index is 933. The van der Waals surface area contributed by atoms with Crippen LogP contribution >= 0.6 is 24.0 Å². The molecule has 1 atom stereocenters. The molecule has 8 heteroatoms. The predicted octanol–water partition coefficient (Wildman–Crippen LogP) is 3.00. The fourth-order valence-electron chi connectivity index (χ4n) is 3.63. The van der Waals surface area contributed by atoms with Crippen LogP contribution in [0.3, 0.4) is 0 Å². The van der Waals surface area contributed by atoms with Crippen molar-refractivity contribution in [3.8, 4) is 11.5 Å². The van der Waals surface area contributed by atoms with Gasteiger partial charge in [-0.05, 0) is 48.1 Å². The standard InChI is InChI=1S/C24H32N4O3.HI/c1-28(2)23(29)16-26-24(25-15-17-9-12-21(30-3)22(13-17)31-4)27-20-11-10-18-7-5-6-8-19(18)14-20;/h5-9,12-13,20H,10-11,14-16H2,1-4H3,(H2,25,26,27);1H. The van der Waals surface area contributed by atoms with E-state index in [1.807, 2.05) is 18.2 Å². The van der Waals surface area contributed by atoms with Crippen LogP contribution in [-0.4, -0.2) is 57.7 Å². The van der Waals surface area contributed by atoms with Gasteiger partial charge in [0, 0.05) is 20.1 Å². The largest absolute Gasteiger partial charge is 0.493 e. The number of carbonyl (C=O) groups is 1. The highest BCUT2D eigenvalue weighted by atomic mass is 127. The maximum atomic E-state index is 12.1. The number of guanidine groups is 1. The second kappa shape index (κ2) is 12.5. The molecular formula is C24H33IN4O3. The highest BCUT2D eigenvalue weighted by Gasteiger charge is 2.19. The number of carbonyl (C=O) groups excluding carboxylic acids is 1. The van der Waals surface area contributed by atoms with Crippen LogP contribution < -0.4 is 20.1 Å². The van der Waals surface area contributed by atoms with E-state index in [1.165, 1.54) is 11.1 Å². The Kier molecular flexibility index (Phi) is 10.1. The third kappa shape index (κ3) is 7.01. The number of fused-ring (bicyclic) bond motifs is 1. The summed E-state index contributed by atoms with van der Waals surface area (Å²) >= 11 is 0. The van der Waals surface area contributed by atoms with Crippen LogP contribution in [0.4, 0.5) is 0 Å². The highest BCUT2D eigenvalue weighted by molar-refractivity contribution is 14.0. The summed E-state index contributed by atoms with van der Waals surface area (Å²) in [5.74, 6) is 1.98. The molecule has 174 valence electrons. The van der Waals surface area contributed by atoms with Crippen LogP contribution in [0.15, 0.2) is 47.5 Å². The Morgan fingerprint density at radius 3 is 2.50 bits per heavy atom. The van der Waals surface area contributed by atoms with Crippen molar-refractivity contribution in [1.82, 2.24) is 15.5 Å². The van der Waals surface area contributed by atoms with Crippen LogP contribution in [0, 0.1) is 0 Å². The van der Waals surface area contributed by atoms with Crippen molar-refractivity contribution in [3.05, 3.63) is 59.2 Å². The van der Waals surface area contributed by atoms with Crippen LogP contribution in [-0.2, 0) is 24.2 Å². The van der Waals surface area contributed by atoms with Crippen molar-refractivity contribution in [3.63, 3.8) is 0 Å². The summed E-state index contributed by atoms with van der Waals surface area (Å²) in [6.45, 7) is 0.642. The molecule has 0 bridgehead atoms. The average Bonchev–Trinajstić information content (AvgIpc) is 2.80. The molecule has 0 heterocycles. The average molecular weight is 552 g/mol. The lowest BCUT2D eigenvalue weighted by Crippen LogP contribution is -2.48. The number of nitrogens with zero attached hydrogens (tertiary/aromatic N) is 2. The number of methoxy groups -OCH3 is 2. The van der Waals surface area contributed by atoms with Gasteiger partial charge in [-0.2, -0.15) is 0 Å². The number of benzene rings is 2. The van der Waals surface area contributed by atoms with Crippen molar-refractivity contribution in [2.24, 2.45) is 4.99 Å². The Labute approximate surface area is 207 Å². The van der Waals surface area contributed by atoms with Crippen molar-refractivity contribution in [2.45, 2.75) is 31.8 Å². The van der Waals surface area contributed by atoms with Gasteiger partial charge < -0.3 is 25.0 Å². The van der Waals surface area contributed by atoms with E-state index in [-0.39, 0.29) is 42.5 Å². The minimum Gasteiger partial charge on any atom is -0.493 e. The van der Waals surface area contributed by atoms with Gasteiger partial charge in [0.1, 0.15) is 0 Å². The van der Waals surface area contributed by atoms with Gasteiger partial charge in [-0.15, -0.1) is 24.0 Å². The Morgan fingerprint density at radius 1 is 1.09 bits per heavy atom. The smallest absolute Gasteiger partial charge is 0.241 e. The number of hydrogen-bond acceptors (Lipinski definition) is 4. The van der Waals surface area contributed by atoms with Gasteiger partial charge in [0.05, 0.1) is 27.3 Å². The number of ether oxygens (including phenoxy) is 2. The van der Waals surface area contributed by atoms with Gasteiger partial charge in [-0.25, -0.2) is 4.99 Å². The lowest BCUT2D eigenvalue weighted by molar-refractivity contribution is -0.127. The number of hydrogen-bond donors (Lipinski definition) is 2. The van der Waals surface area contributed by atoms with Gasteiger partial charge in [0.25, 0.3) is 0 Å². The summed E-state index contributed by atoms with van der Waals surface area (Å²) in [4.78, 5) is 18.4. The first-order chi connectivity index (χ1) is 15.0. The zero-order valence-corrected chi connectivity index (χ0v) is 21.5. The van der Waals surface area contributed by atoms with E-state index in [2.05, 4.69) is 34.9 Å². The second-order valence-electron chi connectivity index (χ2n) is 7.85. The van der Waals surface area contributed by atoms with Crippen molar-refractivity contribution >= 4 is 35.8 Å². The van der Waals surface area contributed by atoms with E-state index < -0.39 is 0 Å². The molecule has 0 aromatic heterocycles. The molecule has 0 aliphatic heterocycles. The molecule has 32 heavy (non-hydrogen) atoms. The lowest BCUT2D eigenvalue weighted by atomic mass is 9.88. The van der Waals surface area contributed by atoms with Gasteiger partial charge in [0.2, 0.25) is 5.91 Å². The SMILES string of the molecule is COc1ccc(CN=C(NCC(=O)N(C)C)NC2CCc3ccccc3C2)cc1OC.I. The van der Waals surface area contributed by atoms with E-state index in [0.717, 1.165) is 24.8 Å². The molecular weight excluding hydrogens is 519 g/mol. The first-order valence-corrected chi connectivity index (χ1v) is 10.5. The Hall–Kier alpha value is -2.49. The fraction of sp³-hybridized carbons (Fsp3) is 0.417. The first kappa shape index (κ1) is 25.8. The lowest BCUT2D eigenvalue weighted by Gasteiger charge is -2.27. The number of aryl methyl sites for hydroxylation is 1. The van der Waals surface area contributed by atoms with Gasteiger partial charge in [0.15, 0.2) is 17.5 Å². The molecule has 0 spiro atoms. The number of halogens is 1. The molecule has 7 nitrogen and oxygen atoms in total. The minimum atomic E-state index is -0.00499. The summed E-state index contributed by atoms with van der Waals surface area (Å²) in [6.07, 6.45) is 3.00. The Morgan fingerprint density at radius 2 is 1.81 bits per heavy atom. The molecule has 2 aromatic carbocycles. The van der Waals surface area contributed by atoms with E-state index in [4.69, 9.17) is 14.5 Å². The maximum absolute atomic E-state index is 12.1. The molecule has 0 radical (unpaired) electrons. The summed E-state index contributed by atoms with van der Waals surface area (Å²) < 4.78 is 10.7. The normalized spacial score (nSPS) is 15.1. The quantitative estimate of drug-likeness (QED) is 0.314. The minimum absolute atomic E-state index is 0. The van der Waals surface area contributed by atoms with Crippen LogP contribution in [0.2, 0.25) is 0 Å². The number of rotatable bonds is 7. The first-order valence-electron chi connectivity index (χ1n) is 10.5. The van der Waals surface area contributed by atoms with Crippen LogP contribution in [0.25, 0.3) is 0 Å². The Balaban J connectivity index is 0.00000363. The summed E-state index contributed by atoms with van der Waals surface area (Å²) in [6, 6.07) is 14.6. The topological polar surface area (TPSA) is 75.2 Å². The van der Waals surface area contributed by atoms with Crippen molar-refractivity contribution in [2.75, 3.05) is 34.9 Å². The molecule has 1 amide bonds. The highest BCUT2D eigenvalue weighted by Crippen LogP contribution is 2.27. The fourth-order valence-corrected chi connectivity index (χ4v) is 3.63. The molecule has 0 saturated heterocycles. The molecule has 0 saturated carbocycles. The van der Waals surface area contributed by atoms with Crippen molar-refractivity contribution in [1.29, 1.82) is 0 Å². The van der Waals surface area contributed by atoms with Gasteiger partial charge in [-0.3, -0.25) is 4.79 Å². The van der Waals surface area contributed by atoms with Crippen LogP contribution in [0.5, 0.6) is 11.5 Å². The van der Waals surface area contributed by atoms with Gasteiger partial charge >= 0.3 is 0 Å². The second-order valence-corrected chi connectivity index (χ2v) is 7.85. The zero-order chi connectivity index (χ0) is 22.2. The summed E-state index contributed by atoms with van der Waals surface area (Å²) in [7, 11) is 6.73. The summed E-state index contributed by atoms with van der Waals surface area (Å²) in [5.41, 5.74) is 3.78. The van der Waals surface area contributed by atoms with E-state index >= 15 is 0 Å². The maximum Gasteiger partial charge on any atom is 0.241 e. The molecule has 1 aliphatic rings. The van der Waals surface area contributed by atoms with Crippen LogP contribution in [0.1, 0.15) is 23.1 Å². The van der Waals surface area contributed by atoms with E-state index in [1.54, 1.807) is 33.2 Å². The third-order valence-corrected chi connectivity index (χ3v) is 5.46. The van der Waals surface area contributed by atoms with Gasteiger partial charge in [-0.1, -0.05) is 30.3 Å². The molecule has 2 N–H and O–H groups in total. The molecule has 1 aliphatic carbocycles. The number of likely N-dealkylation sites (N-methyl/N-ethyl adjacent to an activating group) is 1. The molecule has 0 fully saturated rings. The molecule has 2 aromatic rings. The van der Waals surface area contributed by atoms with E-state index in [0.29, 0.717) is 24.0 Å². The number of nitrogens with one attached hydrogen (secondary N) is 2. The zero-order valence-electron chi connectivity index (χ0n) is 19.2. The number of aliphatic imine (C=N–C) groups is 1. The molecule has 3 rings (SSSR count). The van der Waals surface area contributed by atoms with Crippen molar-refractivity contribution < 1.29 is 14.3 Å². The monoisotopic (exact) mass is 552 g/mol. The predicted molar refractivity (Wildman–Crippen MR) is 138 cm³/mol. The molecule has 1 unspecified atom stereocenters. The third-order valence-electron chi connectivity index (χ3n) is 5.46. The summed E-state index contributed by atoms with van der Waals surface area (Å²) in [5, 5.41) is 6.71.